The third-order valence-corrected chi connectivity index (χ3v) is 6.26. The SMILES string of the molecule is CN1CCN(c2ccc(Nc3ncc4ncc(=O)n(-c5ccc(NC(=O)OC(C)(C)C)cc5)c4n3)cc2)CC1. The number of anilines is 4. The Balaban J connectivity index is 1.36. The Labute approximate surface area is 226 Å². The van der Waals surface area contributed by atoms with Gasteiger partial charge >= 0.3 is 6.09 Å². The average molecular weight is 529 g/mol. The van der Waals surface area contributed by atoms with Crippen molar-refractivity contribution in [2.45, 2.75) is 26.4 Å². The number of rotatable bonds is 5. The predicted molar refractivity (Wildman–Crippen MR) is 152 cm³/mol. The molecule has 1 aliphatic rings. The van der Waals surface area contributed by atoms with Crippen molar-refractivity contribution in [3.05, 3.63) is 71.3 Å². The normalized spacial score (nSPS) is 14.3. The van der Waals surface area contributed by atoms with Crippen LogP contribution in [0.25, 0.3) is 16.9 Å². The maximum absolute atomic E-state index is 12.9. The maximum atomic E-state index is 12.9. The number of ether oxygens (including phenoxy) is 1. The molecule has 11 heteroatoms. The topological polar surface area (TPSA) is 118 Å². The van der Waals surface area contributed by atoms with E-state index in [1.165, 1.54) is 16.5 Å². The van der Waals surface area contributed by atoms with E-state index in [0.29, 0.717) is 28.5 Å². The van der Waals surface area contributed by atoms with Crippen LogP contribution in [0.4, 0.5) is 27.8 Å². The molecule has 39 heavy (non-hydrogen) atoms. The second kappa shape index (κ2) is 10.7. The Morgan fingerprint density at radius 3 is 2.18 bits per heavy atom. The first-order valence-electron chi connectivity index (χ1n) is 12.8. The molecule has 2 N–H and O–H groups in total. The number of nitrogens with zero attached hydrogens (tertiary/aromatic N) is 6. The smallest absolute Gasteiger partial charge is 0.412 e. The van der Waals surface area contributed by atoms with Gasteiger partial charge in [0.25, 0.3) is 5.56 Å². The van der Waals surface area contributed by atoms with Crippen LogP contribution in [0, 0.1) is 0 Å². The van der Waals surface area contributed by atoms with E-state index < -0.39 is 11.7 Å². The molecule has 4 aromatic rings. The minimum absolute atomic E-state index is 0.337. The molecule has 3 heterocycles. The van der Waals surface area contributed by atoms with E-state index in [4.69, 9.17) is 4.74 Å². The van der Waals surface area contributed by atoms with Crippen molar-refractivity contribution in [3.63, 3.8) is 0 Å². The fourth-order valence-corrected chi connectivity index (χ4v) is 4.28. The van der Waals surface area contributed by atoms with Crippen molar-refractivity contribution in [3.8, 4) is 5.69 Å². The lowest BCUT2D eigenvalue weighted by Gasteiger charge is -2.34. The van der Waals surface area contributed by atoms with Crippen molar-refractivity contribution < 1.29 is 9.53 Å². The first-order valence-corrected chi connectivity index (χ1v) is 12.8. The van der Waals surface area contributed by atoms with Gasteiger partial charge in [0, 0.05) is 43.2 Å². The van der Waals surface area contributed by atoms with Crippen LogP contribution in [-0.4, -0.2) is 69.3 Å². The van der Waals surface area contributed by atoms with Crippen LogP contribution in [0.3, 0.4) is 0 Å². The number of hydrogen-bond donors (Lipinski definition) is 2. The van der Waals surface area contributed by atoms with Crippen molar-refractivity contribution in [1.82, 2.24) is 24.4 Å². The first-order chi connectivity index (χ1) is 18.6. The van der Waals surface area contributed by atoms with Gasteiger partial charge in [0.1, 0.15) is 11.1 Å². The second-order valence-corrected chi connectivity index (χ2v) is 10.5. The van der Waals surface area contributed by atoms with Crippen LogP contribution in [0.5, 0.6) is 0 Å². The van der Waals surface area contributed by atoms with Gasteiger partial charge in [-0.3, -0.25) is 14.7 Å². The van der Waals surface area contributed by atoms with E-state index in [2.05, 4.69) is 54.6 Å². The van der Waals surface area contributed by atoms with Crippen molar-refractivity contribution in [2.24, 2.45) is 0 Å². The second-order valence-electron chi connectivity index (χ2n) is 10.5. The zero-order valence-electron chi connectivity index (χ0n) is 22.5. The van der Waals surface area contributed by atoms with E-state index in [9.17, 15) is 9.59 Å². The molecule has 202 valence electrons. The highest BCUT2D eigenvalue weighted by atomic mass is 16.6. The number of hydrogen-bond acceptors (Lipinski definition) is 9. The molecule has 2 aromatic carbocycles. The van der Waals surface area contributed by atoms with Crippen LogP contribution >= 0.6 is 0 Å². The molecule has 0 atom stereocenters. The highest BCUT2D eigenvalue weighted by molar-refractivity contribution is 5.85. The number of fused-ring (bicyclic) bond motifs is 1. The van der Waals surface area contributed by atoms with Crippen molar-refractivity contribution in [1.29, 1.82) is 0 Å². The number of aromatic nitrogens is 4. The first kappa shape index (κ1) is 26.1. The van der Waals surface area contributed by atoms with Gasteiger partial charge in [-0.25, -0.2) is 14.8 Å². The third kappa shape index (κ3) is 6.32. The summed E-state index contributed by atoms with van der Waals surface area (Å²) in [7, 11) is 2.14. The number of benzene rings is 2. The molecule has 11 nitrogen and oxygen atoms in total. The standard InChI is InChI=1S/C28H32N8O3/c1-28(2,3)39-27(38)32-20-7-11-22(12-8-20)36-24(37)18-29-23-17-30-26(33-25(23)36)31-19-5-9-21(10-6-19)35-15-13-34(4)14-16-35/h5-12,17-18H,13-16H2,1-4H3,(H,32,38)(H,30,31,33). The number of nitrogens with one attached hydrogen (secondary N) is 2. The Morgan fingerprint density at radius 1 is 0.872 bits per heavy atom. The predicted octanol–water partition coefficient (Wildman–Crippen LogP) is 4.02. The number of carbonyl (C=O) groups excluding carboxylic acids is 1. The molecule has 0 aliphatic carbocycles. The highest BCUT2D eigenvalue weighted by Crippen LogP contribution is 2.22. The number of amides is 1. The molecule has 0 radical (unpaired) electrons. The van der Waals surface area contributed by atoms with Crippen LogP contribution in [0.1, 0.15) is 20.8 Å². The van der Waals surface area contributed by atoms with Crippen molar-refractivity contribution in [2.75, 3.05) is 48.8 Å². The van der Waals surface area contributed by atoms with Gasteiger partial charge in [-0.05, 0) is 76.3 Å². The lowest BCUT2D eigenvalue weighted by molar-refractivity contribution is 0.0636. The van der Waals surface area contributed by atoms with E-state index in [0.717, 1.165) is 31.9 Å². The van der Waals surface area contributed by atoms with Crippen LogP contribution < -0.4 is 21.1 Å². The summed E-state index contributed by atoms with van der Waals surface area (Å²) in [4.78, 5) is 42.8. The summed E-state index contributed by atoms with van der Waals surface area (Å²) in [5, 5.41) is 5.92. The quantitative estimate of drug-likeness (QED) is 0.396. The Kier molecular flexibility index (Phi) is 7.16. The summed E-state index contributed by atoms with van der Waals surface area (Å²) < 4.78 is 6.76. The third-order valence-electron chi connectivity index (χ3n) is 6.26. The molecule has 1 amide bonds. The van der Waals surface area contributed by atoms with Crippen LogP contribution in [0.15, 0.2) is 65.7 Å². The molecular weight excluding hydrogens is 496 g/mol. The molecule has 0 spiro atoms. The van der Waals surface area contributed by atoms with Gasteiger partial charge in [-0.2, -0.15) is 4.98 Å². The van der Waals surface area contributed by atoms with E-state index in [-0.39, 0.29) is 5.56 Å². The zero-order valence-corrected chi connectivity index (χ0v) is 22.5. The van der Waals surface area contributed by atoms with Gasteiger partial charge in [-0.1, -0.05) is 0 Å². The number of likely N-dealkylation sites (N-methyl/N-ethyl adjacent to an activating group) is 1. The molecule has 5 rings (SSSR count). The van der Waals surface area contributed by atoms with Gasteiger partial charge in [-0.15, -0.1) is 0 Å². The molecule has 0 unspecified atom stereocenters. The van der Waals surface area contributed by atoms with Gasteiger partial charge in [0.05, 0.1) is 18.1 Å². The summed E-state index contributed by atoms with van der Waals surface area (Å²) in [5.74, 6) is 0.346. The monoisotopic (exact) mass is 528 g/mol. The minimum Gasteiger partial charge on any atom is -0.444 e. The lowest BCUT2D eigenvalue weighted by Crippen LogP contribution is -2.44. The summed E-state index contributed by atoms with van der Waals surface area (Å²) in [6.07, 6.45) is 2.27. The molecule has 1 aliphatic heterocycles. The average Bonchev–Trinajstić information content (AvgIpc) is 2.89. The lowest BCUT2D eigenvalue weighted by atomic mass is 10.2. The van der Waals surface area contributed by atoms with E-state index >= 15 is 0 Å². The Bertz CT molecular complexity index is 1520. The summed E-state index contributed by atoms with van der Waals surface area (Å²) in [6.45, 7) is 9.48. The molecule has 0 saturated carbocycles. The minimum atomic E-state index is -0.606. The maximum Gasteiger partial charge on any atom is 0.412 e. The largest absolute Gasteiger partial charge is 0.444 e. The molecule has 1 saturated heterocycles. The van der Waals surface area contributed by atoms with Gasteiger partial charge in [0.2, 0.25) is 5.95 Å². The van der Waals surface area contributed by atoms with E-state index in [1.807, 2.05) is 12.1 Å². The molecule has 2 aromatic heterocycles. The molecular formula is C28H32N8O3. The van der Waals surface area contributed by atoms with Crippen molar-refractivity contribution >= 4 is 40.3 Å². The number of piperazine rings is 1. The number of carbonyl (C=O) groups is 1. The zero-order chi connectivity index (χ0) is 27.6. The van der Waals surface area contributed by atoms with Crippen LogP contribution in [0.2, 0.25) is 0 Å². The van der Waals surface area contributed by atoms with Crippen LogP contribution in [-0.2, 0) is 4.74 Å². The van der Waals surface area contributed by atoms with Gasteiger partial charge < -0.3 is 19.9 Å². The fourth-order valence-electron chi connectivity index (χ4n) is 4.28. The van der Waals surface area contributed by atoms with E-state index in [1.54, 1.807) is 51.2 Å². The Hall–Kier alpha value is -4.51. The van der Waals surface area contributed by atoms with Gasteiger partial charge in [0.15, 0.2) is 5.65 Å². The summed E-state index contributed by atoms with van der Waals surface area (Å²) in [6, 6.07) is 15.0. The fraction of sp³-hybridized carbons (Fsp3) is 0.321. The summed E-state index contributed by atoms with van der Waals surface area (Å²) >= 11 is 0. The highest BCUT2D eigenvalue weighted by Gasteiger charge is 2.17. The Morgan fingerprint density at radius 2 is 1.51 bits per heavy atom. The molecule has 0 bridgehead atoms. The molecule has 1 fully saturated rings. The summed E-state index contributed by atoms with van der Waals surface area (Å²) in [5.41, 5.74) is 3.02.